The lowest BCUT2D eigenvalue weighted by Gasteiger charge is -2.35. The van der Waals surface area contributed by atoms with E-state index in [2.05, 4.69) is 16.8 Å². The zero-order valence-corrected chi connectivity index (χ0v) is 9.33. The van der Waals surface area contributed by atoms with E-state index in [4.69, 9.17) is 0 Å². The second-order valence-corrected chi connectivity index (χ2v) is 4.37. The first-order valence-electron chi connectivity index (χ1n) is 5.36. The molecule has 4 nitrogen and oxygen atoms in total. The normalized spacial score (nSPS) is 20.9. The topological polar surface area (TPSA) is 52.6 Å². The van der Waals surface area contributed by atoms with E-state index in [1.165, 1.54) is 0 Å². The molecule has 0 bridgehead atoms. The van der Waals surface area contributed by atoms with Crippen LogP contribution >= 0.6 is 0 Å². The van der Waals surface area contributed by atoms with Crippen molar-refractivity contribution >= 4 is 5.91 Å². The highest BCUT2D eigenvalue weighted by Crippen LogP contribution is 2.20. The molecule has 1 rings (SSSR count). The summed E-state index contributed by atoms with van der Waals surface area (Å²) in [4.78, 5) is 13.4. The number of aliphatic hydroxyl groups is 1. The van der Waals surface area contributed by atoms with E-state index in [9.17, 15) is 9.90 Å². The average molecular weight is 212 g/mol. The molecule has 1 aliphatic heterocycles. The number of carbonyl (C=O) groups excluding carboxylic acids is 1. The molecule has 15 heavy (non-hydrogen) atoms. The van der Waals surface area contributed by atoms with Crippen LogP contribution in [0.4, 0.5) is 0 Å². The summed E-state index contributed by atoms with van der Waals surface area (Å²) in [6.45, 7) is 7.90. The molecule has 1 fully saturated rings. The lowest BCUT2D eigenvalue weighted by Crippen LogP contribution is -2.46. The molecule has 1 saturated heterocycles. The molecule has 0 atom stereocenters. The van der Waals surface area contributed by atoms with Crippen molar-refractivity contribution in [2.45, 2.75) is 25.4 Å². The number of nitrogens with zero attached hydrogens (tertiary/aromatic N) is 1. The van der Waals surface area contributed by atoms with Crippen molar-refractivity contribution in [2.75, 3.05) is 26.2 Å². The first kappa shape index (κ1) is 12.2. The van der Waals surface area contributed by atoms with E-state index in [1.807, 2.05) is 6.92 Å². The zero-order valence-electron chi connectivity index (χ0n) is 9.33. The molecule has 4 heteroatoms. The predicted octanol–water partition coefficient (Wildman–Crippen LogP) is 0.135. The maximum absolute atomic E-state index is 11.4. The Balaban J connectivity index is 2.23. The number of amides is 1. The first-order valence-corrected chi connectivity index (χ1v) is 5.36. The molecule has 0 aromatic rings. The van der Waals surface area contributed by atoms with E-state index >= 15 is 0 Å². The summed E-state index contributed by atoms with van der Waals surface area (Å²) in [5, 5.41) is 12.5. The van der Waals surface area contributed by atoms with Crippen LogP contribution in [0.1, 0.15) is 19.8 Å². The summed E-state index contributed by atoms with van der Waals surface area (Å²) in [5.74, 6) is 0.0245. The summed E-state index contributed by atoms with van der Waals surface area (Å²) in [6, 6.07) is 0. The van der Waals surface area contributed by atoms with Gasteiger partial charge in [-0.05, 0) is 19.8 Å². The van der Waals surface area contributed by atoms with Crippen LogP contribution in [0.25, 0.3) is 0 Å². The molecule has 1 amide bonds. The van der Waals surface area contributed by atoms with E-state index in [0.717, 1.165) is 25.9 Å². The molecule has 0 unspecified atom stereocenters. The van der Waals surface area contributed by atoms with Crippen LogP contribution in [0.15, 0.2) is 12.7 Å². The molecule has 0 aromatic carbocycles. The minimum Gasteiger partial charge on any atom is -0.390 e. The Morgan fingerprint density at radius 2 is 2.20 bits per heavy atom. The van der Waals surface area contributed by atoms with Crippen molar-refractivity contribution in [2.24, 2.45) is 0 Å². The summed E-state index contributed by atoms with van der Waals surface area (Å²) in [5.41, 5.74) is -0.548. The number of carbonyl (C=O) groups is 1. The molecular formula is C11H20N2O2. The summed E-state index contributed by atoms with van der Waals surface area (Å²) >= 11 is 0. The summed E-state index contributed by atoms with van der Waals surface area (Å²) in [6.07, 6.45) is 3.14. The Bertz CT molecular complexity index is 229. The first-order chi connectivity index (χ1) is 7.03. The highest BCUT2D eigenvalue weighted by molar-refractivity contribution is 5.78. The number of rotatable bonds is 4. The summed E-state index contributed by atoms with van der Waals surface area (Å²) in [7, 11) is 0. The second kappa shape index (κ2) is 5.28. The van der Waals surface area contributed by atoms with Gasteiger partial charge in [0.2, 0.25) is 5.91 Å². The number of likely N-dealkylation sites (tertiary alicyclic amines) is 1. The fourth-order valence-corrected chi connectivity index (χ4v) is 1.64. The van der Waals surface area contributed by atoms with Gasteiger partial charge in [-0.3, -0.25) is 9.69 Å². The van der Waals surface area contributed by atoms with Crippen molar-refractivity contribution in [1.29, 1.82) is 0 Å². The monoisotopic (exact) mass is 212 g/mol. The van der Waals surface area contributed by atoms with Crippen LogP contribution in [-0.4, -0.2) is 47.7 Å². The van der Waals surface area contributed by atoms with E-state index in [0.29, 0.717) is 13.1 Å². The minimum absolute atomic E-state index is 0.0245. The largest absolute Gasteiger partial charge is 0.390 e. The maximum atomic E-state index is 11.4. The summed E-state index contributed by atoms with van der Waals surface area (Å²) < 4.78 is 0. The second-order valence-electron chi connectivity index (χ2n) is 4.37. The van der Waals surface area contributed by atoms with Crippen molar-refractivity contribution < 1.29 is 9.90 Å². The molecule has 86 valence electrons. The minimum atomic E-state index is -0.548. The van der Waals surface area contributed by atoms with Gasteiger partial charge in [-0.25, -0.2) is 0 Å². The van der Waals surface area contributed by atoms with E-state index in [-0.39, 0.29) is 5.91 Å². The Morgan fingerprint density at radius 1 is 1.60 bits per heavy atom. The molecule has 2 N–H and O–H groups in total. The van der Waals surface area contributed by atoms with Gasteiger partial charge in [-0.2, -0.15) is 0 Å². The third-order valence-electron chi connectivity index (χ3n) is 2.74. The lowest BCUT2D eigenvalue weighted by atomic mass is 9.94. The number of hydrogen-bond donors (Lipinski definition) is 2. The van der Waals surface area contributed by atoms with Crippen molar-refractivity contribution in [3.8, 4) is 0 Å². The Hall–Kier alpha value is -0.870. The van der Waals surface area contributed by atoms with Gasteiger partial charge in [-0.15, -0.1) is 6.58 Å². The third kappa shape index (κ3) is 4.44. The molecule has 1 aliphatic rings. The van der Waals surface area contributed by atoms with Gasteiger partial charge in [0.05, 0.1) is 12.1 Å². The van der Waals surface area contributed by atoms with Crippen molar-refractivity contribution in [3.63, 3.8) is 0 Å². The molecule has 0 saturated carbocycles. The number of nitrogens with one attached hydrogen (secondary N) is 1. The highest BCUT2D eigenvalue weighted by Gasteiger charge is 2.27. The molecule has 1 heterocycles. The SMILES string of the molecule is C=CCNC(=O)CN1CCC(C)(O)CC1. The molecule has 0 radical (unpaired) electrons. The predicted molar refractivity (Wildman–Crippen MR) is 59.5 cm³/mol. The number of hydrogen-bond acceptors (Lipinski definition) is 3. The van der Waals surface area contributed by atoms with Crippen LogP contribution in [0.2, 0.25) is 0 Å². The van der Waals surface area contributed by atoms with E-state index in [1.54, 1.807) is 6.08 Å². The van der Waals surface area contributed by atoms with Crippen LogP contribution in [0, 0.1) is 0 Å². The fraction of sp³-hybridized carbons (Fsp3) is 0.727. The smallest absolute Gasteiger partial charge is 0.234 e. The van der Waals surface area contributed by atoms with Gasteiger partial charge in [-0.1, -0.05) is 6.08 Å². The Labute approximate surface area is 91.0 Å². The fourth-order valence-electron chi connectivity index (χ4n) is 1.64. The molecular weight excluding hydrogens is 192 g/mol. The van der Waals surface area contributed by atoms with Gasteiger partial charge in [0, 0.05) is 19.6 Å². The van der Waals surface area contributed by atoms with Crippen molar-refractivity contribution in [1.82, 2.24) is 10.2 Å². The van der Waals surface area contributed by atoms with Crippen LogP contribution < -0.4 is 5.32 Å². The van der Waals surface area contributed by atoms with Gasteiger partial charge < -0.3 is 10.4 Å². The number of piperidine rings is 1. The molecule has 0 aromatic heterocycles. The van der Waals surface area contributed by atoms with Crippen molar-refractivity contribution in [3.05, 3.63) is 12.7 Å². The standard InChI is InChI=1S/C11H20N2O2/c1-3-6-12-10(14)9-13-7-4-11(2,15)5-8-13/h3,15H,1,4-9H2,2H3,(H,12,14). The maximum Gasteiger partial charge on any atom is 0.234 e. The van der Waals surface area contributed by atoms with Crippen LogP contribution in [0.3, 0.4) is 0 Å². The lowest BCUT2D eigenvalue weighted by molar-refractivity contribution is -0.123. The van der Waals surface area contributed by atoms with Gasteiger partial charge in [0.1, 0.15) is 0 Å². The van der Waals surface area contributed by atoms with Gasteiger partial charge >= 0.3 is 0 Å². The van der Waals surface area contributed by atoms with Gasteiger partial charge in [0.15, 0.2) is 0 Å². The quantitative estimate of drug-likeness (QED) is 0.652. The molecule has 0 spiro atoms. The Kier molecular flexibility index (Phi) is 4.29. The highest BCUT2D eigenvalue weighted by atomic mass is 16.3. The van der Waals surface area contributed by atoms with Crippen LogP contribution in [0.5, 0.6) is 0 Å². The zero-order chi connectivity index (χ0) is 11.3. The van der Waals surface area contributed by atoms with E-state index < -0.39 is 5.60 Å². The third-order valence-corrected chi connectivity index (χ3v) is 2.74. The average Bonchev–Trinajstić information content (AvgIpc) is 2.18. The van der Waals surface area contributed by atoms with Crippen LogP contribution in [-0.2, 0) is 4.79 Å². The van der Waals surface area contributed by atoms with Gasteiger partial charge in [0.25, 0.3) is 0 Å². The Morgan fingerprint density at radius 3 is 2.73 bits per heavy atom. The molecule has 0 aliphatic carbocycles.